The monoisotopic (exact) mass is 244 g/mol. The van der Waals surface area contributed by atoms with Gasteiger partial charge in [0.1, 0.15) is 5.69 Å². The van der Waals surface area contributed by atoms with Crippen LogP contribution in [0.3, 0.4) is 0 Å². The topological polar surface area (TPSA) is 80.0 Å². The molecule has 0 atom stereocenters. The molecule has 6 nitrogen and oxygen atoms in total. The number of pyridine rings is 1. The lowest BCUT2D eigenvalue weighted by Crippen LogP contribution is -2.29. The Labute approximate surface area is 103 Å². The molecule has 2 aromatic rings. The fourth-order valence-corrected chi connectivity index (χ4v) is 2.17. The Morgan fingerprint density at radius 2 is 2.33 bits per heavy atom. The first-order valence-electron chi connectivity index (χ1n) is 5.72. The number of carboxylic acids is 1. The van der Waals surface area contributed by atoms with E-state index in [1.807, 2.05) is 22.8 Å². The standard InChI is InChI=1S/C12H12N4O2/c17-12(18)10-9-7-13-5-6-16(9)11(15-10)8-3-1-2-4-14-8/h1-4,13H,5-7H2,(H,17,18). The summed E-state index contributed by atoms with van der Waals surface area (Å²) in [4.78, 5) is 19.6. The van der Waals surface area contributed by atoms with Crippen LogP contribution in [0, 0.1) is 0 Å². The fraction of sp³-hybridized carbons (Fsp3) is 0.250. The summed E-state index contributed by atoms with van der Waals surface area (Å²) in [6, 6.07) is 5.53. The van der Waals surface area contributed by atoms with E-state index in [0.717, 1.165) is 12.2 Å². The summed E-state index contributed by atoms with van der Waals surface area (Å²) in [5.41, 5.74) is 1.53. The number of carbonyl (C=O) groups is 1. The van der Waals surface area contributed by atoms with Gasteiger partial charge in [0.2, 0.25) is 0 Å². The molecule has 6 heteroatoms. The minimum Gasteiger partial charge on any atom is -0.476 e. The molecule has 0 radical (unpaired) electrons. The molecule has 0 bridgehead atoms. The summed E-state index contributed by atoms with van der Waals surface area (Å²) in [5.74, 6) is -0.367. The maximum Gasteiger partial charge on any atom is 0.356 e. The van der Waals surface area contributed by atoms with Crippen molar-refractivity contribution in [3.63, 3.8) is 0 Å². The molecule has 1 aliphatic rings. The third-order valence-corrected chi connectivity index (χ3v) is 2.97. The lowest BCUT2D eigenvalue weighted by molar-refractivity contribution is 0.0689. The Bertz CT molecular complexity index is 592. The summed E-state index contributed by atoms with van der Waals surface area (Å²) >= 11 is 0. The average molecular weight is 244 g/mol. The van der Waals surface area contributed by atoms with Gasteiger partial charge in [-0.3, -0.25) is 4.98 Å². The fourth-order valence-electron chi connectivity index (χ4n) is 2.17. The molecule has 0 saturated heterocycles. The van der Waals surface area contributed by atoms with E-state index in [2.05, 4.69) is 15.3 Å². The second-order valence-electron chi connectivity index (χ2n) is 4.08. The zero-order valence-corrected chi connectivity index (χ0v) is 9.63. The predicted molar refractivity (Wildman–Crippen MR) is 64.1 cm³/mol. The Balaban J connectivity index is 2.18. The zero-order valence-electron chi connectivity index (χ0n) is 9.63. The lowest BCUT2D eigenvalue weighted by atomic mass is 10.2. The Hall–Kier alpha value is -2.21. The smallest absolute Gasteiger partial charge is 0.356 e. The molecule has 0 aromatic carbocycles. The van der Waals surface area contributed by atoms with Crippen molar-refractivity contribution in [1.29, 1.82) is 0 Å². The van der Waals surface area contributed by atoms with Crippen LogP contribution in [0.25, 0.3) is 11.5 Å². The first-order chi connectivity index (χ1) is 8.77. The highest BCUT2D eigenvalue weighted by atomic mass is 16.4. The van der Waals surface area contributed by atoms with E-state index in [1.54, 1.807) is 6.20 Å². The number of rotatable bonds is 2. The average Bonchev–Trinajstić information content (AvgIpc) is 2.79. The number of aromatic nitrogens is 3. The molecule has 2 N–H and O–H groups in total. The van der Waals surface area contributed by atoms with Crippen molar-refractivity contribution < 1.29 is 9.90 Å². The van der Waals surface area contributed by atoms with Crippen molar-refractivity contribution in [2.75, 3.05) is 6.54 Å². The number of nitrogens with zero attached hydrogens (tertiary/aromatic N) is 3. The SMILES string of the molecule is O=C(O)c1nc(-c2ccccn2)n2c1CNCC2. The molecular formula is C12H12N4O2. The van der Waals surface area contributed by atoms with E-state index in [1.165, 1.54) is 0 Å². The number of aromatic carboxylic acids is 1. The number of imidazole rings is 1. The van der Waals surface area contributed by atoms with Gasteiger partial charge in [-0.2, -0.15) is 0 Å². The maximum atomic E-state index is 11.2. The Morgan fingerprint density at radius 3 is 3.06 bits per heavy atom. The first kappa shape index (κ1) is 10.9. The van der Waals surface area contributed by atoms with Gasteiger partial charge in [-0.1, -0.05) is 6.07 Å². The highest BCUT2D eigenvalue weighted by Crippen LogP contribution is 2.22. The molecule has 0 unspecified atom stereocenters. The van der Waals surface area contributed by atoms with Crippen molar-refractivity contribution in [3.8, 4) is 11.5 Å². The highest BCUT2D eigenvalue weighted by molar-refractivity contribution is 5.87. The summed E-state index contributed by atoms with van der Waals surface area (Å²) in [5, 5.41) is 12.3. The second-order valence-corrected chi connectivity index (χ2v) is 4.08. The molecule has 1 aliphatic heterocycles. The van der Waals surface area contributed by atoms with Crippen LogP contribution in [0.4, 0.5) is 0 Å². The van der Waals surface area contributed by atoms with Gasteiger partial charge in [-0.05, 0) is 12.1 Å². The molecule has 3 rings (SSSR count). The van der Waals surface area contributed by atoms with Crippen LogP contribution in [0.15, 0.2) is 24.4 Å². The number of hydrogen-bond acceptors (Lipinski definition) is 4. The van der Waals surface area contributed by atoms with Gasteiger partial charge in [-0.25, -0.2) is 9.78 Å². The molecule has 0 aliphatic carbocycles. The van der Waals surface area contributed by atoms with Crippen molar-refractivity contribution in [1.82, 2.24) is 19.9 Å². The van der Waals surface area contributed by atoms with Gasteiger partial charge in [0.25, 0.3) is 0 Å². The van der Waals surface area contributed by atoms with Gasteiger partial charge in [0, 0.05) is 25.8 Å². The van der Waals surface area contributed by atoms with Crippen LogP contribution in [0.2, 0.25) is 0 Å². The second kappa shape index (κ2) is 4.23. The molecule has 18 heavy (non-hydrogen) atoms. The van der Waals surface area contributed by atoms with Crippen molar-refractivity contribution in [3.05, 3.63) is 35.8 Å². The largest absolute Gasteiger partial charge is 0.476 e. The third-order valence-electron chi connectivity index (χ3n) is 2.97. The lowest BCUT2D eigenvalue weighted by Gasteiger charge is -2.17. The summed E-state index contributed by atoms with van der Waals surface area (Å²) in [6.07, 6.45) is 1.68. The molecule has 2 aromatic heterocycles. The van der Waals surface area contributed by atoms with E-state index in [0.29, 0.717) is 24.6 Å². The van der Waals surface area contributed by atoms with E-state index in [9.17, 15) is 9.90 Å². The summed E-state index contributed by atoms with van der Waals surface area (Å²) in [7, 11) is 0. The summed E-state index contributed by atoms with van der Waals surface area (Å²) in [6.45, 7) is 2.05. The molecular weight excluding hydrogens is 232 g/mol. The Kier molecular flexibility index (Phi) is 2.56. The van der Waals surface area contributed by atoms with Gasteiger partial charge in [-0.15, -0.1) is 0 Å². The van der Waals surface area contributed by atoms with Gasteiger partial charge < -0.3 is 15.0 Å². The van der Waals surface area contributed by atoms with Crippen LogP contribution in [-0.4, -0.2) is 32.2 Å². The van der Waals surface area contributed by atoms with E-state index in [4.69, 9.17) is 0 Å². The van der Waals surface area contributed by atoms with Gasteiger partial charge >= 0.3 is 5.97 Å². The summed E-state index contributed by atoms with van der Waals surface area (Å²) < 4.78 is 1.93. The maximum absolute atomic E-state index is 11.2. The van der Waals surface area contributed by atoms with E-state index < -0.39 is 5.97 Å². The van der Waals surface area contributed by atoms with Gasteiger partial charge in [0.15, 0.2) is 11.5 Å². The molecule has 0 fully saturated rings. The minimum atomic E-state index is -0.996. The molecule has 92 valence electrons. The first-order valence-corrected chi connectivity index (χ1v) is 5.72. The van der Waals surface area contributed by atoms with Crippen LogP contribution in [-0.2, 0) is 13.1 Å². The predicted octanol–water partition coefficient (Wildman–Crippen LogP) is 0.746. The molecule has 0 spiro atoms. The third kappa shape index (κ3) is 1.67. The molecule has 0 saturated carbocycles. The number of fused-ring (bicyclic) bond motifs is 1. The quantitative estimate of drug-likeness (QED) is 0.814. The minimum absolute atomic E-state index is 0.114. The van der Waals surface area contributed by atoms with E-state index in [-0.39, 0.29) is 5.69 Å². The normalized spacial score (nSPS) is 14.2. The van der Waals surface area contributed by atoms with Crippen molar-refractivity contribution in [2.24, 2.45) is 0 Å². The van der Waals surface area contributed by atoms with Crippen LogP contribution >= 0.6 is 0 Å². The van der Waals surface area contributed by atoms with Crippen LogP contribution in [0.1, 0.15) is 16.2 Å². The number of carboxylic acid groups (broad SMARTS) is 1. The highest BCUT2D eigenvalue weighted by Gasteiger charge is 2.24. The Morgan fingerprint density at radius 1 is 1.44 bits per heavy atom. The van der Waals surface area contributed by atoms with Crippen LogP contribution in [0.5, 0.6) is 0 Å². The molecule has 0 amide bonds. The zero-order chi connectivity index (χ0) is 12.5. The number of hydrogen-bond donors (Lipinski definition) is 2. The van der Waals surface area contributed by atoms with Crippen molar-refractivity contribution >= 4 is 5.97 Å². The van der Waals surface area contributed by atoms with Crippen molar-refractivity contribution in [2.45, 2.75) is 13.1 Å². The number of nitrogens with one attached hydrogen (secondary N) is 1. The van der Waals surface area contributed by atoms with E-state index >= 15 is 0 Å². The molecule has 3 heterocycles. The van der Waals surface area contributed by atoms with Gasteiger partial charge in [0.05, 0.1) is 5.69 Å². The van der Waals surface area contributed by atoms with Crippen LogP contribution < -0.4 is 5.32 Å².